The summed E-state index contributed by atoms with van der Waals surface area (Å²) >= 11 is 6.29. The number of halogens is 2. The van der Waals surface area contributed by atoms with Crippen LogP contribution in [0.5, 0.6) is 17.2 Å². The van der Waals surface area contributed by atoms with Gasteiger partial charge in [0.05, 0.1) is 4.47 Å². The van der Waals surface area contributed by atoms with E-state index in [-0.39, 0.29) is 28.6 Å². The monoisotopic (exact) mass is 386 g/mol. The maximum absolute atomic E-state index is 12.3. The first-order chi connectivity index (χ1) is 8.90. The van der Waals surface area contributed by atoms with Crippen LogP contribution in [0.2, 0.25) is 0 Å². The summed E-state index contributed by atoms with van der Waals surface area (Å²) < 4.78 is 0.773. The van der Waals surface area contributed by atoms with Gasteiger partial charge in [0.15, 0.2) is 17.3 Å². The molecule has 2 aromatic rings. The van der Waals surface area contributed by atoms with Crippen LogP contribution in [-0.4, -0.2) is 21.1 Å². The Morgan fingerprint density at radius 3 is 2.11 bits per heavy atom. The summed E-state index contributed by atoms with van der Waals surface area (Å²) in [6.07, 6.45) is 0. The summed E-state index contributed by atoms with van der Waals surface area (Å²) in [5, 5.41) is 28.2. The molecule has 2 rings (SSSR count). The molecular weight excluding hydrogens is 380 g/mol. The minimum Gasteiger partial charge on any atom is -0.507 e. The van der Waals surface area contributed by atoms with Crippen LogP contribution < -0.4 is 0 Å². The van der Waals surface area contributed by atoms with Gasteiger partial charge in [-0.25, -0.2) is 0 Å². The summed E-state index contributed by atoms with van der Waals surface area (Å²) in [5.74, 6) is -0.994. The average Bonchev–Trinajstić information content (AvgIpc) is 2.36. The van der Waals surface area contributed by atoms with Gasteiger partial charge in [-0.2, -0.15) is 0 Å². The van der Waals surface area contributed by atoms with E-state index >= 15 is 0 Å². The van der Waals surface area contributed by atoms with E-state index in [9.17, 15) is 20.1 Å². The highest BCUT2D eigenvalue weighted by Gasteiger charge is 2.16. The fraction of sp³-hybridized carbons (Fsp3) is 0. The van der Waals surface area contributed by atoms with Gasteiger partial charge < -0.3 is 15.3 Å². The topological polar surface area (TPSA) is 77.8 Å². The lowest BCUT2D eigenvalue weighted by Gasteiger charge is -2.07. The summed E-state index contributed by atoms with van der Waals surface area (Å²) in [5.41, 5.74) is 0.559. The van der Waals surface area contributed by atoms with Crippen LogP contribution in [0.3, 0.4) is 0 Å². The number of ketones is 1. The molecule has 0 aliphatic carbocycles. The molecule has 0 spiro atoms. The zero-order valence-electron chi connectivity index (χ0n) is 9.39. The van der Waals surface area contributed by atoms with E-state index in [1.54, 1.807) is 0 Å². The second kappa shape index (κ2) is 5.22. The average molecular weight is 388 g/mol. The van der Waals surface area contributed by atoms with Crippen molar-refractivity contribution in [3.63, 3.8) is 0 Å². The normalized spacial score (nSPS) is 10.4. The van der Waals surface area contributed by atoms with Crippen LogP contribution in [-0.2, 0) is 0 Å². The third-order valence-electron chi connectivity index (χ3n) is 2.52. The minimum atomic E-state index is -0.371. The SMILES string of the molecule is O=C(c1ccc(O)c(Br)c1)c1cc(O)c(O)cc1Br. The quantitative estimate of drug-likeness (QED) is 0.543. The second-order valence-electron chi connectivity index (χ2n) is 3.82. The maximum atomic E-state index is 12.3. The van der Waals surface area contributed by atoms with Gasteiger partial charge in [0.25, 0.3) is 0 Å². The molecule has 98 valence electrons. The fourth-order valence-corrected chi connectivity index (χ4v) is 2.42. The van der Waals surface area contributed by atoms with E-state index in [0.29, 0.717) is 14.5 Å². The van der Waals surface area contributed by atoms with Crippen LogP contribution in [0.4, 0.5) is 0 Å². The summed E-state index contributed by atoms with van der Waals surface area (Å²) in [7, 11) is 0. The van der Waals surface area contributed by atoms with E-state index < -0.39 is 0 Å². The molecule has 0 aromatic heterocycles. The highest BCUT2D eigenvalue weighted by Crippen LogP contribution is 2.33. The second-order valence-corrected chi connectivity index (χ2v) is 5.52. The van der Waals surface area contributed by atoms with Crippen LogP contribution in [0.25, 0.3) is 0 Å². The molecule has 0 atom stereocenters. The molecule has 0 unspecified atom stereocenters. The van der Waals surface area contributed by atoms with Gasteiger partial charge in [-0.3, -0.25) is 4.79 Å². The van der Waals surface area contributed by atoms with Crippen molar-refractivity contribution in [2.45, 2.75) is 0 Å². The van der Waals surface area contributed by atoms with E-state index in [0.717, 1.165) is 0 Å². The number of rotatable bonds is 2. The first-order valence-corrected chi connectivity index (χ1v) is 6.73. The Hall–Kier alpha value is -1.53. The molecule has 0 saturated carbocycles. The largest absolute Gasteiger partial charge is 0.507 e. The van der Waals surface area contributed by atoms with Crippen molar-refractivity contribution in [2.75, 3.05) is 0 Å². The molecule has 6 heteroatoms. The molecule has 4 nitrogen and oxygen atoms in total. The van der Waals surface area contributed by atoms with Gasteiger partial charge in [-0.15, -0.1) is 0 Å². The van der Waals surface area contributed by atoms with Gasteiger partial charge in [0.2, 0.25) is 0 Å². The first kappa shape index (κ1) is 13.9. The number of phenols is 3. The lowest BCUT2D eigenvalue weighted by Crippen LogP contribution is -2.02. The molecule has 0 radical (unpaired) electrons. The highest BCUT2D eigenvalue weighted by molar-refractivity contribution is 9.10. The highest BCUT2D eigenvalue weighted by atomic mass is 79.9. The smallest absolute Gasteiger partial charge is 0.194 e. The van der Waals surface area contributed by atoms with Crippen molar-refractivity contribution in [2.24, 2.45) is 0 Å². The van der Waals surface area contributed by atoms with Crippen molar-refractivity contribution in [1.29, 1.82) is 0 Å². The van der Waals surface area contributed by atoms with Crippen LogP contribution in [0, 0.1) is 0 Å². The minimum absolute atomic E-state index is 0.0316. The first-order valence-electron chi connectivity index (χ1n) is 5.15. The third-order valence-corrected chi connectivity index (χ3v) is 3.81. The van der Waals surface area contributed by atoms with Crippen molar-refractivity contribution in [3.8, 4) is 17.2 Å². The van der Waals surface area contributed by atoms with E-state index in [4.69, 9.17) is 0 Å². The lowest BCUT2D eigenvalue weighted by atomic mass is 10.0. The Balaban J connectivity index is 2.49. The van der Waals surface area contributed by atoms with E-state index in [2.05, 4.69) is 31.9 Å². The number of benzene rings is 2. The van der Waals surface area contributed by atoms with Crippen LogP contribution >= 0.6 is 31.9 Å². The molecule has 2 aromatic carbocycles. The lowest BCUT2D eigenvalue weighted by molar-refractivity contribution is 0.103. The zero-order valence-corrected chi connectivity index (χ0v) is 12.6. The fourth-order valence-electron chi connectivity index (χ4n) is 1.53. The Morgan fingerprint density at radius 1 is 0.842 bits per heavy atom. The molecular formula is C13H8Br2O4. The molecule has 0 saturated heterocycles. The van der Waals surface area contributed by atoms with E-state index in [1.165, 1.54) is 30.3 Å². The Kier molecular flexibility index (Phi) is 3.82. The summed E-state index contributed by atoms with van der Waals surface area (Å²) in [4.78, 5) is 12.3. The van der Waals surface area contributed by atoms with Gasteiger partial charge >= 0.3 is 0 Å². The van der Waals surface area contributed by atoms with Crippen LogP contribution in [0.15, 0.2) is 39.3 Å². The predicted molar refractivity (Wildman–Crippen MR) is 76.7 cm³/mol. The van der Waals surface area contributed by atoms with Crippen molar-refractivity contribution in [3.05, 3.63) is 50.4 Å². The number of hydrogen-bond donors (Lipinski definition) is 3. The van der Waals surface area contributed by atoms with Crippen LogP contribution in [0.1, 0.15) is 15.9 Å². The maximum Gasteiger partial charge on any atom is 0.194 e. The molecule has 3 N–H and O–H groups in total. The Morgan fingerprint density at radius 2 is 1.47 bits per heavy atom. The number of carbonyl (C=O) groups is 1. The molecule has 0 aliphatic heterocycles. The third kappa shape index (κ3) is 2.74. The van der Waals surface area contributed by atoms with Gasteiger partial charge in [-0.05, 0) is 62.2 Å². The number of phenolic OH excluding ortho intramolecular Hbond substituents is 3. The molecule has 0 heterocycles. The van der Waals surface area contributed by atoms with E-state index in [1.807, 2.05) is 0 Å². The molecule has 19 heavy (non-hydrogen) atoms. The molecule has 0 fully saturated rings. The zero-order chi connectivity index (χ0) is 14.2. The molecule has 0 amide bonds. The molecule has 0 aliphatic rings. The van der Waals surface area contributed by atoms with Gasteiger partial charge in [0, 0.05) is 15.6 Å². The Bertz CT molecular complexity index is 668. The van der Waals surface area contributed by atoms with Gasteiger partial charge in [-0.1, -0.05) is 0 Å². The standard InChI is InChI=1S/C13H8Br2O4/c14-8-5-12(18)11(17)4-7(8)13(19)6-1-2-10(16)9(15)3-6/h1-5,16-18H. The predicted octanol–water partition coefficient (Wildman–Crippen LogP) is 3.56. The van der Waals surface area contributed by atoms with Crippen molar-refractivity contribution >= 4 is 37.6 Å². The number of carbonyl (C=O) groups excluding carboxylic acids is 1. The van der Waals surface area contributed by atoms with Crippen molar-refractivity contribution < 1.29 is 20.1 Å². The molecule has 0 bridgehead atoms. The number of aromatic hydroxyl groups is 3. The van der Waals surface area contributed by atoms with Crippen molar-refractivity contribution in [1.82, 2.24) is 0 Å². The van der Waals surface area contributed by atoms with Gasteiger partial charge in [0.1, 0.15) is 5.75 Å². The Labute approximate surface area is 125 Å². The summed E-state index contributed by atoms with van der Waals surface area (Å²) in [6.45, 7) is 0. The summed E-state index contributed by atoms with van der Waals surface area (Å²) in [6, 6.07) is 6.78. The number of hydrogen-bond acceptors (Lipinski definition) is 4.